The van der Waals surface area contributed by atoms with Crippen LogP contribution in [0, 0.1) is 0 Å². The number of carbonyl (C=O) groups excluding carboxylic acids is 1. The zero-order valence-electron chi connectivity index (χ0n) is 12.5. The minimum absolute atomic E-state index is 0.0835. The maximum absolute atomic E-state index is 11.9. The van der Waals surface area contributed by atoms with Crippen molar-refractivity contribution in [2.24, 2.45) is 5.73 Å². The Hall–Kier alpha value is -1.96. The number of hydrogen-bond donors (Lipinski definition) is 3. The van der Waals surface area contributed by atoms with Crippen LogP contribution in [-0.4, -0.2) is 44.6 Å². The zero-order valence-corrected chi connectivity index (χ0v) is 12.5. The number of amides is 1. The summed E-state index contributed by atoms with van der Waals surface area (Å²) in [5.41, 5.74) is 5.89. The van der Waals surface area contributed by atoms with E-state index in [4.69, 9.17) is 10.8 Å². The van der Waals surface area contributed by atoms with E-state index in [1.807, 2.05) is 0 Å². The third-order valence-corrected chi connectivity index (χ3v) is 3.16. The van der Waals surface area contributed by atoms with Gasteiger partial charge < -0.3 is 16.2 Å². The summed E-state index contributed by atoms with van der Waals surface area (Å²) in [6.45, 7) is 4.45. The maximum atomic E-state index is 11.9. The number of unbranched alkanes of at least 4 members (excludes halogenated alkanes) is 2. The SMILES string of the molecule is CCCCCNC(=O)C(C)n1cc(CC(N)C(=O)O)nn1. The third-order valence-electron chi connectivity index (χ3n) is 3.16. The van der Waals surface area contributed by atoms with Gasteiger partial charge in [-0.25, -0.2) is 4.68 Å². The molecular formula is C13H23N5O3. The monoisotopic (exact) mass is 297 g/mol. The van der Waals surface area contributed by atoms with Gasteiger partial charge in [0.25, 0.3) is 0 Å². The fraction of sp³-hybridized carbons (Fsp3) is 0.692. The lowest BCUT2D eigenvalue weighted by atomic mass is 10.2. The predicted octanol–water partition coefficient (Wildman–Crippen LogP) is 0.0999. The predicted molar refractivity (Wildman–Crippen MR) is 76.6 cm³/mol. The fourth-order valence-electron chi connectivity index (χ4n) is 1.76. The van der Waals surface area contributed by atoms with Crippen molar-refractivity contribution in [3.63, 3.8) is 0 Å². The Balaban J connectivity index is 2.51. The van der Waals surface area contributed by atoms with Gasteiger partial charge in [0.15, 0.2) is 0 Å². The van der Waals surface area contributed by atoms with Crippen molar-refractivity contribution in [1.82, 2.24) is 20.3 Å². The van der Waals surface area contributed by atoms with Crippen molar-refractivity contribution < 1.29 is 14.7 Å². The molecule has 1 rings (SSSR count). The van der Waals surface area contributed by atoms with Crippen LogP contribution >= 0.6 is 0 Å². The first-order valence-electron chi connectivity index (χ1n) is 7.12. The number of carboxylic acids is 1. The largest absolute Gasteiger partial charge is 0.480 e. The smallest absolute Gasteiger partial charge is 0.320 e. The Bertz CT molecular complexity index is 474. The third kappa shape index (κ3) is 5.50. The van der Waals surface area contributed by atoms with Crippen LogP contribution in [0.3, 0.4) is 0 Å². The Morgan fingerprint density at radius 3 is 2.81 bits per heavy atom. The molecule has 0 bridgehead atoms. The van der Waals surface area contributed by atoms with E-state index in [-0.39, 0.29) is 12.3 Å². The molecule has 0 aliphatic carbocycles. The molecule has 1 aromatic heterocycles. The van der Waals surface area contributed by atoms with Crippen molar-refractivity contribution in [3.8, 4) is 0 Å². The standard InChI is InChI=1S/C13H23N5O3/c1-3-4-5-6-15-12(19)9(2)18-8-10(16-17-18)7-11(14)13(20)21/h8-9,11H,3-7,14H2,1-2H3,(H,15,19)(H,20,21). The molecule has 0 aliphatic heterocycles. The van der Waals surface area contributed by atoms with Gasteiger partial charge in [0.05, 0.1) is 5.69 Å². The van der Waals surface area contributed by atoms with Gasteiger partial charge in [0.2, 0.25) is 5.91 Å². The molecule has 0 saturated heterocycles. The van der Waals surface area contributed by atoms with E-state index in [1.54, 1.807) is 13.1 Å². The first kappa shape index (κ1) is 17.1. The van der Waals surface area contributed by atoms with E-state index >= 15 is 0 Å². The summed E-state index contributed by atoms with van der Waals surface area (Å²) in [5.74, 6) is -1.23. The van der Waals surface area contributed by atoms with Gasteiger partial charge in [-0.15, -0.1) is 5.10 Å². The van der Waals surface area contributed by atoms with E-state index in [2.05, 4.69) is 22.6 Å². The average molecular weight is 297 g/mol. The highest BCUT2D eigenvalue weighted by molar-refractivity contribution is 5.79. The summed E-state index contributed by atoms with van der Waals surface area (Å²) in [5, 5.41) is 19.3. The molecule has 1 heterocycles. The normalized spacial score (nSPS) is 13.7. The van der Waals surface area contributed by atoms with Crippen LogP contribution in [0.25, 0.3) is 0 Å². The number of carboxylic acid groups (broad SMARTS) is 1. The zero-order chi connectivity index (χ0) is 15.8. The summed E-state index contributed by atoms with van der Waals surface area (Å²) in [6, 6.07) is -1.51. The minimum atomic E-state index is -1.09. The topological polar surface area (TPSA) is 123 Å². The molecule has 21 heavy (non-hydrogen) atoms. The molecular weight excluding hydrogens is 274 g/mol. The van der Waals surface area contributed by atoms with Gasteiger partial charge in [-0.1, -0.05) is 25.0 Å². The molecule has 8 heteroatoms. The van der Waals surface area contributed by atoms with Gasteiger partial charge in [0.1, 0.15) is 12.1 Å². The molecule has 0 aliphatic rings. The van der Waals surface area contributed by atoms with Gasteiger partial charge >= 0.3 is 5.97 Å². The number of nitrogens with zero attached hydrogens (tertiary/aromatic N) is 3. The Morgan fingerprint density at radius 1 is 1.48 bits per heavy atom. The molecule has 0 fully saturated rings. The quantitative estimate of drug-likeness (QED) is 0.555. The van der Waals surface area contributed by atoms with Crippen LogP contribution < -0.4 is 11.1 Å². The lowest BCUT2D eigenvalue weighted by Crippen LogP contribution is -2.32. The molecule has 0 spiro atoms. The Morgan fingerprint density at radius 2 is 2.19 bits per heavy atom. The van der Waals surface area contributed by atoms with Crippen molar-refractivity contribution >= 4 is 11.9 Å². The molecule has 4 N–H and O–H groups in total. The molecule has 0 radical (unpaired) electrons. The first-order valence-corrected chi connectivity index (χ1v) is 7.12. The number of carbonyl (C=O) groups is 2. The van der Waals surface area contributed by atoms with Crippen LogP contribution in [0.5, 0.6) is 0 Å². The number of aliphatic carboxylic acids is 1. The number of hydrogen-bond acceptors (Lipinski definition) is 5. The van der Waals surface area contributed by atoms with E-state index in [0.717, 1.165) is 19.3 Å². The number of rotatable bonds is 9. The van der Waals surface area contributed by atoms with Crippen molar-refractivity contribution in [2.45, 2.75) is 51.6 Å². The molecule has 118 valence electrons. The highest BCUT2D eigenvalue weighted by Gasteiger charge is 2.18. The molecule has 0 aromatic carbocycles. The van der Waals surface area contributed by atoms with E-state index in [0.29, 0.717) is 12.2 Å². The van der Waals surface area contributed by atoms with Crippen LogP contribution in [-0.2, 0) is 16.0 Å². The number of nitrogens with two attached hydrogens (primary N) is 1. The number of aromatic nitrogens is 3. The van der Waals surface area contributed by atoms with E-state index in [9.17, 15) is 9.59 Å². The molecule has 2 atom stereocenters. The molecule has 1 amide bonds. The lowest BCUT2D eigenvalue weighted by molar-refractivity contribution is -0.138. The maximum Gasteiger partial charge on any atom is 0.320 e. The lowest BCUT2D eigenvalue weighted by Gasteiger charge is -2.11. The van der Waals surface area contributed by atoms with Gasteiger partial charge in [-0.05, 0) is 13.3 Å². The van der Waals surface area contributed by atoms with Crippen molar-refractivity contribution in [3.05, 3.63) is 11.9 Å². The molecule has 8 nitrogen and oxygen atoms in total. The second-order valence-electron chi connectivity index (χ2n) is 5.01. The number of nitrogens with one attached hydrogen (secondary N) is 1. The van der Waals surface area contributed by atoms with E-state index in [1.165, 1.54) is 4.68 Å². The van der Waals surface area contributed by atoms with Gasteiger partial charge in [-0.2, -0.15) is 0 Å². The highest BCUT2D eigenvalue weighted by atomic mass is 16.4. The van der Waals surface area contributed by atoms with Crippen LogP contribution in [0.4, 0.5) is 0 Å². The minimum Gasteiger partial charge on any atom is -0.480 e. The van der Waals surface area contributed by atoms with Gasteiger partial charge in [-0.3, -0.25) is 9.59 Å². The fourth-order valence-corrected chi connectivity index (χ4v) is 1.76. The molecule has 0 saturated carbocycles. The van der Waals surface area contributed by atoms with Crippen LogP contribution in [0.15, 0.2) is 6.20 Å². The summed E-state index contributed by atoms with van der Waals surface area (Å²) in [6.07, 6.45) is 4.77. The Labute approximate surface area is 123 Å². The second-order valence-corrected chi connectivity index (χ2v) is 5.01. The summed E-state index contributed by atoms with van der Waals surface area (Å²) < 4.78 is 1.42. The summed E-state index contributed by atoms with van der Waals surface area (Å²) in [4.78, 5) is 22.6. The van der Waals surface area contributed by atoms with Crippen LogP contribution in [0.2, 0.25) is 0 Å². The highest BCUT2D eigenvalue weighted by Crippen LogP contribution is 2.06. The second kappa shape index (κ2) is 8.35. The van der Waals surface area contributed by atoms with E-state index < -0.39 is 18.1 Å². The van der Waals surface area contributed by atoms with Crippen molar-refractivity contribution in [1.29, 1.82) is 0 Å². The van der Waals surface area contributed by atoms with Gasteiger partial charge in [0, 0.05) is 19.2 Å². The Kier molecular flexibility index (Phi) is 6.80. The van der Waals surface area contributed by atoms with Crippen LogP contribution in [0.1, 0.15) is 44.8 Å². The summed E-state index contributed by atoms with van der Waals surface area (Å²) in [7, 11) is 0. The molecule has 2 unspecified atom stereocenters. The van der Waals surface area contributed by atoms with Crippen molar-refractivity contribution in [2.75, 3.05) is 6.54 Å². The molecule has 1 aromatic rings. The first-order chi connectivity index (χ1) is 9.95. The average Bonchev–Trinajstić information content (AvgIpc) is 2.90. The summed E-state index contributed by atoms with van der Waals surface area (Å²) >= 11 is 0.